The van der Waals surface area contributed by atoms with Crippen LogP contribution < -0.4 is 0 Å². The molecule has 0 radical (unpaired) electrons. The molecule has 1 aromatic carbocycles. The van der Waals surface area contributed by atoms with E-state index in [2.05, 4.69) is 15.1 Å². The van der Waals surface area contributed by atoms with Gasteiger partial charge < -0.3 is 8.94 Å². The summed E-state index contributed by atoms with van der Waals surface area (Å²) in [6.07, 6.45) is 0. The van der Waals surface area contributed by atoms with Gasteiger partial charge in [0.2, 0.25) is 5.82 Å². The van der Waals surface area contributed by atoms with E-state index in [0.29, 0.717) is 17.6 Å². The SMILES string of the molecule is Cc1nc2cc(-c3noc(-c4ccsc4)n3)ccc2o1. The van der Waals surface area contributed by atoms with Crippen molar-refractivity contribution < 1.29 is 8.94 Å². The molecule has 3 aromatic heterocycles. The third-order valence-corrected chi connectivity index (χ3v) is 3.63. The number of benzene rings is 1. The summed E-state index contributed by atoms with van der Waals surface area (Å²) in [5.41, 5.74) is 3.35. The van der Waals surface area contributed by atoms with E-state index in [0.717, 1.165) is 22.2 Å². The van der Waals surface area contributed by atoms with Crippen molar-refractivity contribution in [3.63, 3.8) is 0 Å². The summed E-state index contributed by atoms with van der Waals surface area (Å²) in [5, 5.41) is 7.97. The van der Waals surface area contributed by atoms with Crippen LogP contribution in [0, 0.1) is 6.92 Å². The van der Waals surface area contributed by atoms with Gasteiger partial charge in [0.15, 0.2) is 11.5 Å². The average molecular weight is 283 g/mol. The van der Waals surface area contributed by atoms with Crippen molar-refractivity contribution in [2.75, 3.05) is 0 Å². The summed E-state index contributed by atoms with van der Waals surface area (Å²) in [6, 6.07) is 7.61. The Balaban J connectivity index is 1.78. The lowest BCUT2D eigenvalue weighted by molar-refractivity contribution is 0.432. The molecule has 0 atom stereocenters. The lowest BCUT2D eigenvalue weighted by Crippen LogP contribution is -1.81. The van der Waals surface area contributed by atoms with Gasteiger partial charge in [0.25, 0.3) is 5.89 Å². The molecule has 0 saturated heterocycles. The Labute approximate surface area is 117 Å². The highest BCUT2D eigenvalue weighted by Crippen LogP contribution is 2.26. The zero-order valence-corrected chi connectivity index (χ0v) is 11.3. The van der Waals surface area contributed by atoms with Crippen molar-refractivity contribution in [2.24, 2.45) is 0 Å². The highest BCUT2D eigenvalue weighted by molar-refractivity contribution is 7.08. The first kappa shape index (κ1) is 11.4. The molecule has 4 rings (SSSR count). The third-order valence-electron chi connectivity index (χ3n) is 2.95. The Morgan fingerprint density at radius 1 is 1.10 bits per heavy atom. The topological polar surface area (TPSA) is 65.0 Å². The molecule has 0 bridgehead atoms. The molecule has 0 aliphatic rings. The molecule has 0 aliphatic heterocycles. The van der Waals surface area contributed by atoms with E-state index in [1.807, 2.05) is 41.9 Å². The molecule has 0 N–H and O–H groups in total. The van der Waals surface area contributed by atoms with Gasteiger partial charge in [0.05, 0.1) is 5.56 Å². The van der Waals surface area contributed by atoms with E-state index in [9.17, 15) is 0 Å². The highest BCUT2D eigenvalue weighted by atomic mass is 32.1. The normalized spacial score (nSPS) is 11.2. The van der Waals surface area contributed by atoms with Crippen molar-refractivity contribution in [2.45, 2.75) is 6.92 Å². The van der Waals surface area contributed by atoms with Crippen molar-refractivity contribution in [3.8, 4) is 22.8 Å². The molecule has 0 aliphatic carbocycles. The van der Waals surface area contributed by atoms with Crippen LogP contribution in [-0.4, -0.2) is 15.1 Å². The molecular formula is C14H9N3O2S. The Hall–Kier alpha value is -2.47. The molecule has 98 valence electrons. The van der Waals surface area contributed by atoms with Crippen LogP contribution in [0.1, 0.15) is 5.89 Å². The number of fused-ring (bicyclic) bond motifs is 1. The number of rotatable bonds is 2. The molecule has 0 spiro atoms. The number of thiophene rings is 1. The van der Waals surface area contributed by atoms with Crippen LogP contribution in [-0.2, 0) is 0 Å². The van der Waals surface area contributed by atoms with Gasteiger partial charge in [0, 0.05) is 17.9 Å². The zero-order chi connectivity index (χ0) is 13.5. The van der Waals surface area contributed by atoms with Gasteiger partial charge >= 0.3 is 0 Å². The van der Waals surface area contributed by atoms with E-state index < -0.39 is 0 Å². The summed E-state index contributed by atoms with van der Waals surface area (Å²) < 4.78 is 10.7. The van der Waals surface area contributed by atoms with E-state index in [1.54, 1.807) is 11.3 Å². The number of nitrogens with zero attached hydrogens (tertiary/aromatic N) is 3. The molecular weight excluding hydrogens is 274 g/mol. The van der Waals surface area contributed by atoms with Gasteiger partial charge in [-0.15, -0.1) is 0 Å². The summed E-state index contributed by atoms with van der Waals surface area (Å²) in [5.74, 6) is 1.72. The molecule has 0 fully saturated rings. The van der Waals surface area contributed by atoms with Crippen LogP contribution in [0.3, 0.4) is 0 Å². The monoisotopic (exact) mass is 283 g/mol. The Kier molecular flexibility index (Phi) is 2.43. The van der Waals surface area contributed by atoms with Gasteiger partial charge in [-0.3, -0.25) is 0 Å². The maximum absolute atomic E-state index is 5.45. The minimum absolute atomic E-state index is 0.526. The fourth-order valence-corrected chi connectivity index (χ4v) is 2.66. The lowest BCUT2D eigenvalue weighted by Gasteiger charge is -1.92. The molecule has 4 aromatic rings. The summed E-state index contributed by atoms with van der Waals surface area (Å²) in [6.45, 7) is 1.82. The molecule has 20 heavy (non-hydrogen) atoms. The first-order valence-corrected chi connectivity index (χ1v) is 6.98. The van der Waals surface area contributed by atoms with Crippen molar-refractivity contribution in [1.29, 1.82) is 0 Å². The fraction of sp³-hybridized carbons (Fsp3) is 0.0714. The molecule has 0 unspecified atom stereocenters. The summed E-state index contributed by atoms with van der Waals surface area (Å²) in [4.78, 5) is 8.71. The van der Waals surface area contributed by atoms with Crippen LogP contribution in [0.15, 0.2) is 44.0 Å². The quantitative estimate of drug-likeness (QED) is 0.558. The number of oxazole rings is 1. The molecule has 0 saturated carbocycles. The highest BCUT2D eigenvalue weighted by Gasteiger charge is 2.12. The van der Waals surface area contributed by atoms with Gasteiger partial charge in [-0.1, -0.05) is 5.16 Å². The molecule has 3 heterocycles. The van der Waals surface area contributed by atoms with Gasteiger partial charge in [-0.05, 0) is 29.6 Å². The van der Waals surface area contributed by atoms with Gasteiger partial charge in [-0.25, -0.2) is 4.98 Å². The van der Waals surface area contributed by atoms with Crippen LogP contribution in [0.5, 0.6) is 0 Å². The smallest absolute Gasteiger partial charge is 0.259 e. The molecule has 6 heteroatoms. The fourth-order valence-electron chi connectivity index (χ4n) is 2.03. The molecule has 5 nitrogen and oxygen atoms in total. The van der Waals surface area contributed by atoms with Crippen LogP contribution in [0.2, 0.25) is 0 Å². The number of hydrogen-bond acceptors (Lipinski definition) is 6. The van der Waals surface area contributed by atoms with Crippen LogP contribution in [0.25, 0.3) is 33.9 Å². The summed E-state index contributed by atoms with van der Waals surface area (Å²) in [7, 11) is 0. The Bertz CT molecular complexity index is 877. The average Bonchev–Trinajstić information content (AvgIpc) is 3.17. The predicted octanol–water partition coefficient (Wildman–Crippen LogP) is 3.91. The number of aromatic nitrogens is 3. The third kappa shape index (κ3) is 1.81. The first-order valence-electron chi connectivity index (χ1n) is 6.03. The zero-order valence-electron chi connectivity index (χ0n) is 10.5. The van der Waals surface area contributed by atoms with Crippen molar-refractivity contribution in [1.82, 2.24) is 15.1 Å². The lowest BCUT2D eigenvalue weighted by atomic mass is 10.2. The van der Waals surface area contributed by atoms with Crippen LogP contribution >= 0.6 is 11.3 Å². The standard InChI is InChI=1S/C14H9N3O2S/c1-8-15-11-6-9(2-3-12(11)18-8)13-16-14(19-17-13)10-4-5-20-7-10/h2-7H,1H3. The van der Waals surface area contributed by atoms with E-state index >= 15 is 0 Å². The second kappa shape index (κ2) is 4.28. The summed E-state index contributed by atoms with van der Waals surface area (Å²) >= 11 is 1.59. The van der Waals surface area contributed by atoms with E-state index in [1.165, 1.54) is 0 Å². The van der Waals surface area contributed by atoms with Gasteiger partial charge in [0.1, 0.15) is 5.52 Å². The second-order valence-corrected chi connectivity index (χ2v) is 5.13. The van der Waals surface area contributed by atoms with E-state index in [-0.39, 0.29) is 0 Å². The van der Waals surface area contributed by atoms with Crippen LogP contribution in [0.4, 0.5) is 0 Å². The Morgan fingerprint density at radius 2 is 2.05 bits per heavy atom. The largest absolute Gasteiger partial charge is 0.441 e. The first-order chi connectivity index (χ1) is 9.79. The minimum atomic E-state index is 0.526. The Morgan fingerprint density at radius 3 is 2.90 bits per heavy atom. The molecule has 0 amide bonds. The maximum Gasteiger partial charge on any atom is 0.259 e. The minimum Gasteiger partial charge on any atom is -0.441 e. The van der Waals surface area contributed by atoms with Crippen molar-refractivity contribution in [3.05, 3.63) is 40.9 Å². The predicted molar refractivity (Wildman–Crippen MR) is 75.4 cm³/mol. The maximum atomic E-state index is 5.45. The van der Waals surface area contributed by atoms with Gasteiger partial charge in [-0.2, -0.15) is 16.3 Å². The van der Waals surface area contributed by atoms with Crippen molar-refractivity contribution >= 4 is 22.4 Å². The number of aryl methyl sites for hydroxylation is 1. The number of hydrogen-bond donors (Lipinski definition) is 0. The van der Waals surface area contributed by atoms with E-state index in [4.69, 9.17) is 8.94 Å². The second-order valence-electron chi connectivity index (χ2n) is 4.35.